The maximum Gasteiger partial charge on any atom is 0.214 e. The predicted octanol–water partition coefficient (Wildman–Crippen LogP) is 3.95. The van der Waals surface area contributed by atoms with Gasteiger partial charge in [-0.15, -0.1) is 5.10 Å². The van der Waals surface area contributed by atoms with E-state index in [1.165, 1.54) is 17.7 Å². The van der Waals surface area contributed by atoms with Gasteiger partial charge >= 0.3 is 0 Å². The molecule has 0 unspecified atom stereocenters. The molecule has 2 aromatic heterocycles. The zero-order chi connectivity index (χ0) is 20.5. The molecule has 0 fully saturated rings. The van der Waals surface area contributed by atoms with Gasteiger partial charge in [0.25, 0.3) is 0 Å². The number of ether oxygens (including phenoxy) is 1. The van der Waals surface area contributed by atoms with E-state index in [1.807, 2.05) is 31.2 Å². The number of fused-ring (bicyclic) bond motifs is 1. The fourth-order valence-electron chi connectivity index (χ4n) is 3.93. The van der Waals surface area contributed by atoms with Crippen LogP contribution in [0, 0.1) is 6.92 Å². The largest absolute Gasteiger partial charge is 0.494 e. The van der Waals surface area contributed by atoms with Gasteiger partial charge in [-0.25, -0.2) is 4.68 Å². The Morgan fingerprint density at radius 3 is 2.77 bits per heavy atom. The van der Waals surface area contributed by atoms with Gasteiger partial charge in [0.1, 0.15) is 11.4 Å². The van der Waals surface area contributed by atoms with Gasteiger partial charge in [0.15, 0.2) is 0 Å². The van der Waals surface area contributed by atoms with Gasteiger partial charge in [0, 0.05) is 11.4 Å². The van der Waals surface area contributed by atoms with Crippen molar-refractivity contribution >= 4 is 11.8 Å². The van der Waals surface area contributed by atoms with Crippen LogP contribution in [0.2, 0.25) is 0 Å². The molecule has 30 heavy (non-hydrogen) atoms. The normalized spacial score (nSPS) is 12.9. The topological polar surface area (TPSA) is 70.7 Å². The molecule has 0 aliphatic heterocycles. The molecule has 1 aliphatic carbocycles. The summed E-state index contributed by atoms with van der Waals surface area (Å²) in [6.07, 6.45) is 3.32. The van der Waals surface area contributed by atoms with Crippen molar-refractivity contribution in [3.63, 3.8) is 0 Å². The van der Waals surface area contributed by atoms with E-state index in [4.69, 9.17) is 9.84 Å². The zero-order valence-electron chi connectivity index (χ0n) is 16.9. The predicted molar refractivity (Wildman–Crippen MR) is 116 cm³/mol. The van der Waals surface area contributed by atoms with Crippen molar-refractivity contribution in [1.29, 1.82) is 0 Å². The first-order chi connectivity index (χ1) is 14.7. The Morgan fingerprint density at radius 1 is 1.07 bits per heavy atom. The van der Waals surface area contributed by atoms with Crippen LogP contribution in [0.4, 0.5) is 0 Å². The Balaban J connectivity index is 1.44. The van der Waals surface area contributed by atoms with E-state index in [0.29, 0.717) is 0 Å². The summed E-state index contributed by atoms with van der Waals surface area (Å²) in [5.41, 5.74) is 6.89. The number of para-hydroxylation sites is 1. The van der Waals surface area contributed by atoms with Gasteiger partial charge in [0.2, 0.25) is 5.16 Å². The number of benzene rings is 2. The minimum Gasteiger partial charge on any atom is -0.494 e. The van der Waals surface area contributed by atoms with Crippen LogP contribution in [0.1, 0.15) is 28.9 Å². The monoisotopic (exact) mass is 418 g/mol. The van der Waals surface area contributed by atoms with Crippen LogP contribution >= 0.6 is 11.8 Å². The highest BCUT2D eigenvalue weighted by Gasteiger charge is 2.24. The molecule has 8 heteroatoms. The molecule has 1 aliphatic rings. The molecule has 0 saturated heterocycles. The van der Waals surface area contributed by atoms with Crippen LogP contribution in [0.15, 0.2) is 53.7 Å². The molecule has 2 heterocycles. The summed E-state index contributed by atoms with van der Waals surface area (Å²) in [7, 11) is 1.66. The molecule has 0 spiro atoms. The first kappa shape index (κ1) is 18.9. The van der Waals surface area contributed by atoms with Gasteiger partial charge in [-0.1, -0.05) is 36.0 Å². The van der Waals surface area contributed by atoms with Gasteiger partial charge in [0.05, 0.1) is 18.5 Å². The van der Waals surface area contributed by atoms with Crippen molar-refractivity contribution in [3.8, 4) is 17.1 Å². The summed E-state index contributed by atoms with van der Waals surface area (Å²) in [6.45, 7) is 2.04. The number of aromatic nitrogens is 6. The van der Waals surface area contributed by atoms with Crippen molar-refractivity contribution in [2.45, 2.75) is 37.1 Å². The summed E-state index contributed by atoms with van der Waals surface area (Å²) in [5.74, 6) is 1.46. The number of methoxy groups -OCH3 is 1. The Labute approximate surface area is 179 Å². The van der Waals surface area contributed by atoms with E-state index in [1.54, 1.807) is 23.6 Å². The van der Waals surface area contributed by atoms with Crippen molar-refractivity contribution in [3.05, 3.63) is 71.0 Å². The molecule has 0 amide bonds. The lowest BCUT2D eigenvalue weighted by atomic mass is 10.2. The van der Waals surface area contributed by atoms with E-state index in [0.717, 1.165) is 52.1 Å². The number of hydrogen-bond acceptors (Lipinski definition) is 6. The van der Waals surface area contributed by atoms with Gasteiger partial charge in [-0.05, 0) is 72.0 Å². The third kappa shape index (κ3) is 3.37. The quantitative estimate of drug-likeness (QED) is 0.442. The maximum absolute atomic E-state index is 5.51. The van der Waals surface area contributed by atoms with Crippen molar-refractivity contribution in [1.82, 2.24) is 30.0 Å². The summed E-state index contributed by atoms with van der Waals surface area (Å²) in [4.78, 5) is 0. The molecule has 2 aromatic carbocycles. The first-order valence-electron chi connectivity index (χ1n) is 9.96. The molecule has 7 nitrogen and oxygen atoms in total. The minimum atomic E-state index is 0.719. The van der Waals surface area contributed by atoms with Crippen LogP contribution in [-0.4, -0.2) is 37.1 Å². The molecule has 0 N–H and O–H groups in total. The highest BCUT2D eigenvalue weighted by atomic mass is 32.2. The van der Waals surface area contributed by atoms with Crippen LogP contribution < -0.4 is 4.74 Å². The third-order valence-corrected chi connectivity index (χ3v) is 6.29. The molecule has 0 bridgehead atoms. The maximum atomic E-state index is 5.51. The van der Waals surface area contributed by atoms with Gasteiger partial charge in [-0.2, -0.15) is 9.78 Å². The molecule has 5 rings (SSSR count). The van der Waals surface area contributed by atoms with Crippen molar-refractivity contribution in [2.24, 2.45) is 0 Å². The standard InChI is InChI=1S/C22H22N6OS/c1-15-11-12-21(29-2)20(13-15)28-22(23-25-26-28)30-14-18-17-9-6-10-19(17)27(24-18)16-7-4-3-5-8-16/h3-5,7-8,11-13H,6,9-10,14H2,1-2H3. The molecular formula is C22H22N6OS. The highest BCUT2D eigenvalue weighted by molar-refractivity contribution is 7.98. The lowest BCUT2D eigenvalue weighted by Crippen LogP contribution is -2.03. The Morgan fingerprint density at radius 2 is 1.93 bits per heavy atom. The third-order valence-electron chi connectivity index (χ3n) is 5.36. The summed E-state index contributed by atoms with van der Waals surface area (Å²) < 4.78 is 9.36. The average Bonchev–Trinajstić information content (AvgIpc) is 3.50. The van der Waals surface area contributed by atoms with E-state index >= 15 is 0 Å². The number of tetrazole rings is 1. The Kier molecular flexibility index (Phi) is 5.00. The van der Waals surface area contributed by atoms with E-state index in [2.05, 4.69) is 44.5 Å². The second-order valence-corrected chi connectivity index (χ2v) is 8.25. The zero-order valence-corrected chi connectivity index (χ0v) is 17.8. The molecule has 4 aromatic rings. The first-order valence-corrected chi connectivity index (χ1v) is 10.9. The second-order valence-electron chi connectivity index (χ2n) is 7.31. The SMILES string of the molecule is COc1ccc(C)cc1-n1nnnc1SCc1nn(-c2ccccc2)c2c1CCC2. The van der Waals surface area contributed by atoms with Crippen molar-refractivity contribution < 1.29 is 4.74 Å². The van der Waals surface area contributed by atoms with E-state index in [9.17, 15) is 0 Å². The highest BCUT2D eigenvalue weighted by Crippen LogP contribution is 2.32. The van der Waals surface area contributed by atoms with Crippen LogP contribution in [0.25, 0.3) is 11.4 Å². The number of nitrogens with zero attached hydrogens (tertiary/aromatic N) is 6. The van der Waals surface area contributed by atoms with Gasteiger partial charge < -0.3 is 4.74 Å². The molecule has 0 radical (unpaired) electrons. The summed E-state index contributed by atoms with van der Waals surface area (Å²) >= 11 is 1.60. The lowest BCUT2D eigenvalue weighted by molar-refractivity contribution is 0.410. The van der Waals surface area contributed by atoms with Crippen LogP contribution in [0.3, 0.4) is 0 Å². The lowest BCUT2D eigenvalue weighted by Gasteiger charge is -2.10. The molecule has 0 saturated carbocycles. The van der Waals surface area contributed by atoms with Crippen molar-refractivity contribution in [2.75, 3.05) is 7.11 Å². The number of hydrogen-bond donors (Lipinski definition) is 0. The fraction of sp³-hybridized carbons (Fsp3) is 0.273. The fourth-order valence-corrected chi connectivity index (χ4v) is 4.78. The molecular weight excluding hydrogens is 396 g/mol. The number of aryl methyl sites for hydroxylation is 1. The second kappa shape index (κ2) is 7.95. The molecule has 152 valence electrons. The molecule has 0 atom stereocenters. The Hall–Kier alpha value is -3.13. The summed E-state index contributed by atoms with van der Waals surface area (Å²) in [6, 6.07) is 16.3. The van der Waals surface area contributed by atoms with E-state index in [-0.39, 0.29) is 0 Å². The van der Waals surface area contributed by atoms with Crippen LogP contribution in [-0.2, 0) is 18.6 Å². The van der Waals surface area contributed by atoms with Gasteiger partial charge in [-0.3, -0.25) is 0 Å². The number of thioether (sulfide) groups is 1. The average molecular weight is 419 g/mol. The van der Waals surface area contributed by atoms with E-state index < -0.39 is 0 Å². The smallest absolute Gasteiger partial charge is 0.214 e. The Bertz CT molecular complexity index is 1180. The number of rotatable bonds is 6. The van der Waals surface area contributed by atoms with Crippen LogP contribution in [0.5, 0.6) is 5.75 Å². The minimum absolute atomic E-state index is 0.719. The summed E-state index contributed by atoms with van der Waals surface area (Å²) in [5, 5.41) is 18.0.